The van der Waals surface area contributed by atoms with E-state index < -0.39 is 10.0 Å². The van der Waals surface area contributed by atoms with Crippen molar-refractivity contribution in [1.29, 1.82) is 5.26 Å². The number of hydrogen-bond donors (Lipinski definition) is 1. The Kier molecular flexibility index (Phi) is 4.67. The molecule has 5 heteroatoms. The second-order valence-electron chi connectivity index (χ2n) is 3.88. The summed E-state index contributed by atoms with van der Waals surface area (Å²) in [6.45, 7) is 3.68. The molecule has 0 amide bonds. The van der Waals surface area contributed by atoms with Crippen LogP contribution in [0.2, 0.25) is 0 Å². The van der Waals surface area contributed by atoms with Crippen LogP contribution in [0.5, 0.6) is 0 Å². The predicted molar refractivity (Wildman–Crippen MR) is 65.8 cm³/mol. The highest BCUT2D eigenvalue weighted by Gasteiger charge is 2.16. The van der Waals surface area contributed by atoms with Gasteiger partial charge in [0.25, 0.3) is 0 Å². The van der Waals surface area contributed by atoms with Gasteiger partial charge in [-0.05, 0) is 31.0 Å². The van der Waals surface area contributed by atoms with Crippen LogP contribution in [0.25, 0.3) is 0 Å². The average molecular weight is 252 g/mol. The van der Waals surface area contributed by atoms with Gasteiger partial charge in [-0.1, -0.05) is 19.1 Å². The normalized spacial score (nSPS) is 13.0. The lowest BCUT2D eigenvalue weighted by Gasteiger charge is -2.11. The number of nitrogens with one attached hydrogen (secondary N) is 1. The molecule has 0 spiro atoms. The van der Waals surface area contributed by atoms with Gasteiger partial charge in [0.2, 0.25) is 10.0 Å². The van der Waals surface area contributed by atoms with Gasteiger partial charge in [-0.2, -0.15) is 5.26 Å². The fourth-order valence-corrected chi connectivity index (χ4v) is 2.66. The van der Waals surface area contributed by atoms with Gasteiger partial charge in [0.05, 0.1) is 17.4 Å². The highest BCUT2D eigenvalue weighted by molar-refractivity contribution is 7.89. The van der Waals surface area contributed by atoms with E-state index in [1.807, 2.05) is 13.0 Å². The van der Waals surface area contributed by atoms with Crippen molar-refractivity contribution in [3.8, 4) is 6.07 Å². The molecule has 17 heavy (non-hydrogen) atoms. The molecule has 1 aromatic carbocycles. The predicted octanol–water partition coefficient (Wildman–Crippen LogP) is 1.83. The Balaban J connectivity index is 2.86. The maximum Gasteiger partial charge on any atom is 0.240 e. The standard InChI is InChI=1S/C12H16N2O2S/c1-3-11-4-6-12(7-5-11)17(15,16)14-10(2)8-9-13/h4-7,10,14H,3,8H2,1-2H3. The van der Waals surface area contributed by atoms with E-state index in [2.05, 4.69) is 4.72 Å². The molecular weight excluding hydrogens is 236 g/mol. The third kappa shape index (κ3) is 3.84. The van der Waals surface area contributed by atoms with Gasteiger partial charge >= 0.3 is 0 Å². The van der Waals surface area contributed by atoms with E-state index >= 15 is 0 Å². The van der Waals surface area contributed by atoms with Crippen molar-refractivity contribution in [3.63, 3.8) is 0 Å². The first-order chi connectivity index (χ1) is 7.99. The number of aryl methyl sites for hydroxylation is 1. The quantitative estimate of drug-likeness (QED) is 0.869. The van der Waals surface area contributed by atoms with E-state index in [9.17, 15) is 8.42 Å². The van der Waals surface area contributed by atoms with Gasteiger partial charge < -0.3 is 0 Å². The minimum atomic E-state index is -3.51. The van der Waals surface area contributed by atoms with Crippen molar-refractivity contribution >= 4 is 10.0 Å². The molecule has 0 fully saturated rings. The zero-order valence-electron chi connectivity index (χ0n) is 9.97. The van der Waals surface area contributed by atoms with Crippen molar-refractivity contribution in [1.82, 2.24) is 4.72 Å². The van der Waals surface area contributed by atoms with Crippen molar-refractivity contribution in [2.75, 3.05) is 0 Å². The van der Waals surface area contributed by atoms with Crippen molar-refractivity contribution in [2.24, 2.45) is 0 Å². The van der Waals surface area contributed by atoms with Crippen LogP contribution < -0.4 is 4.72 Å². The molecule has 0 saturated heterocycles. The molecule has 0 heterocycles. The Bertz CT molecular complexity index is 500. The molecule has 1 aromatic rings. The highest BCUT2D eigenvalue weighted by Crippen LogP contribution is 2.11. The minimum Gasteiger partial charge on any atom is -0.207 e. The third-order valence-corrected chi connectivity index (χ3v) is 4.00. The summed E-state index contributed by atoms with van der Waals surface area (Å²) in [6, 6.07) is 8.31. The summed E-state index contributed by atoms with van der Waals surface area (Å²) in [5, 5.41) is 8.49. The van der Waals surface area contributed by atoms with Crippen LogP contribution in [0.1, 0.15) is 25.8 Å². The lowest BCUT2D eigenvalue weighted by Crippen LogP contribution is -2.32. The Labute approximate surface area is 102 Å². The summed E-state index contributed by atoms with van der Waals surface area (Å²) in [5.41, 5.74) is 1.09. The Hall–Kier alpha value is -1.38. The SMILES string of the molecule is CCc1ccc(S(=O)(=O)NC(C)CC#N)cc1. The first-order valence-corrected chi connectivity index (χ1v) is 6.96. The molecule has 0 aliphatic carbocycles. The Morgan fingerprint density at radius 1 is 1.35 bits per heavy atom. The van der Waals surface area contributed by atoms with Crippen LogP contribution in [0, 0.1) is 11.3 Å². The van der Waals surface area contributed by atoms with Crippen molar-refractivity contribution in [3.05, 3.63) is 29.8 Å². The van der Waals surface area contributed by atoms with E-state index in [-0.39, 0.29) is 17.4 Å². The summed E-state index contributed by atoms with van der Waals surface area (Å²) in [6.07, 6.45) is 1.03. The van der Waals surface area contributed by atoms with E-state index in [0.29, 0.717) is 0 Å². The fourth-order valence-electron chi connectivity index (χ4n) is 1.42. The van der Waals surface area contributed by atoms with Crippen molar-refractivity contribution < 1.29 is 8.42 Å². The van der Waals surface area contributed by atoms with Gasteiger partial charge in [0.15, 0.2) is 0 Å². The maximum atomic E-state index is 11.9. The largest absolute Gasteiger partial charge is 0.240 e. The molecule has 0 aromatic heterocycles. The summed E-state index contributed by atoms with van der Waals surface area (Å²) >= 11 is 0. The first-order valence-electron chi connectivity index (χ1n) is 5.48. The van der Waals surface area contributed by atoms with Gasteiger partial charge in [-0.3, -0.25) is 0 Å². The molecule has 4 nitrogen and oxygen atoms in total. The molecule has 0 saturated carbocycles. The molecule has 92 valence electrons. The van der Waals surface area contributed by atoms with Crippen LogP contribution in [-0.2, 0) is 16.4 Å². The topological polar surface area (TPSA) is 70.0 Å². The molecule has 0 aliphatic heterocycles. The summed E-state index contributed by atoms with van der Waals surface area (Å²) < 4.78 is 26.3. The monoisotopic (exact) mass is 252 g/mol. The molecule has 1 atom stereocenters. The number of nitrogens with zero attached hydrogens (tertiary/aromatic N) is 1. The van der Waals surface area contributed by atoms with E-state index in [1.165, 1.54) is 0 Å². The molecule has 0 radical (unpaired) electrons. The smallest absolute Gasteiger partial charge is 0.207 e. The minimum absolute atomic E-state index is 0.159. The van der Waals surface area contributed by atoms with Crippen LogP contribution in [-0.4, -0.2) is 14.5 Å². The molecule has 0 bridgehead atoms. The number of nitriles is 1. The lowest BCUT2D eigenvalue weighted by molar-refractivity contribution is 0.563. The van der Waals surface area contributed by atoms with Gasteiger partial charge in [0, 0.05) is 6.04 Å². The van der Waals surface area contributed by atoms with Gasteiger partial charge in [0.1, 0.15) is 0 Å². The first kappa shape index (κ1) is 13.7. The van der Waals surface area contributed by atoms with Crippen molar-refractivity contribution in [2.45, 2.75) is 37.6 Å². The molecule has 1 N–H and O–H groups in total. The van der Waals surface area contributed by atoms with Crippen LogP contribution in [0.3, 0.4) is 0 Å². The average Bonchev–Trinajstić information content (AvgIpc) is 2.28. The van der Waals surface area contributed by atoms with Gasteiger partial charge in [-0.25, -0.2) is 13.1 Å². The molecule has 1 rings (SSSR count). The second-order valence-corrected chi connectivity index (χ2v) is 5.60. The van der Waals surface area contributed by atoms with Gasteiger partial charge in [-0.15, -0.1) is 0 Å². The summed E-state index contributed by atoms with van der Waals surface area (Å²) in [4.78, 5) is 0.236. The van der Waals surface area contributed by atoms with E-state index in [4.69, 9.17) is 5.26 Å². The van der Waals surface area contributed by atoms with E-state index in [1.54, 1.807) is 31.2 Å². The third-order valence-electron chi connectivity index (χ3n) is 2.40. The summed E-state index contributed by atoms with van der Waals surface area (Å²) in [5.74, 6) is 0. The lowest BCUT2D eigenvalue weighted by atomic mass is 10.2. The van der Waals surface area contributed by atoms with Crippen LogP contribution in [0.15, 0.2) is 29.2 Å². The summed E-state index contributed by atoms with van der Waals surface area (Å²) in [7, 11) is -3.51. The second kappa shape index (κ2) is 5.80. The zero-order chi connectivity index (χ0) is 12.9. The Morgan fingerprint density at radius 2 is 1.94 bits per heavy atom. The number of benzene rings is 1. The number of rotatable bonds is 5. The molecular formula is C12H16N2O2S. The maximum absolute atomic E-state index is 11.9. The molecule has 1 unspecified atom stereocenters. The van der Waals surface area contributed by atoms with Crippen LogP contribution >= 0.6 is 0 Å². The highest BCUT2D eigenvalue weighted by atomic mass is 32.2. The van der Waals surface area contributed by atoms with Crippen LogP contribution in [0.4, 0.5) is 0 Å². The fraction of sp³-hybridized carbons (Fsp3) is 0.417. The number of sulfonamides is 1. The zero-order valence-corrected chi connectivity index (χ0v) is 10.8. The molecule has 0 aliphatic rings. The van der Waals surface area contributed by atoms with E-state index in [0.717, 1.165) is 12.0 Å². The number of hydrogen-bond acceptors (Lipinski definition) is 3. The Morgan fingerprint density at radius 3 is 2.41 bits per heavy atom.